The number of halogens is 1. The smallest absolute Gasteiger partial charge is 0.260 e. The SMILES string of the molecule is CC(C)S(=O)(=O)c1ccc(-c2cc3cnc(Nc4ccc(C5CN(C)CCO5)cc4)nc3n(CCN3CCOCC3)c2=O)c(Cl)c1. The highest BCUT2D eigenvalue weighted by Gasteiger charge is 2.23. The van der Waals surface area contributed by atoms with Gasteiger partial charge in [0.2, 0.25) is 5.95 Å². The van der Waals surface area contributed by atoms with E-state index in [2.05, 4.69) is 27.1 Å². The molecule has 6 rings (SSSR count). The van der Waals surface area contributed by atoms with Crippen LogP contribution in [0.15, 0.2) is 64.4 Å². The van der Waals surface area contributed by atoms with E-state index in [0.29, 0.717) is 61.0 Å². The molecule has 0 spiro atoms. The highest BCUT2D eigenvalue weighted by atomic mass is 35.5. The number of sulfone groups is 1. The van der Waals surface area contributed by atoms with Crippen LogP contribution in [0.2, 0.25) is 5.02 Å². The van der Waals surface area contributed by atoms with Crippen LogP contribution in [0.5, 0.6) is 0 Å². The van der Waals surface area contributed by atoms with E-state index in [1.54, 1.807) is 36.7 Å². The molecule has 1 atom stereocenters. The molecule has 2 aliphatic rings. The summed E-state index contributed by atoms with van der Waals surface area (Å²) in [5.74, 6) is 0.363. The molecule has 2 aromatic heterocycles. The molecule has 2 fully saturated rings. The largest absolute Gasteiger partial charge is 0.379 e. The molecule has 2 aromatic carbocycles. The van der Waals surface area contributed by atoms with Crippen LogP contribution < -0.4 is 10.9 Å². The van der Waals surface area contributed by atoms with Crippen molar-refractivity contribution in [2.75, 3.05) is 64.9 Å². The maximum atomic E-state index is 14.1. The number of anilines is 2. The maximum absolute atomic E-state index is 14.1. The third-order valence-corrected chi connectivity index (χ3v) is 11.0. The van der Waals surface area contributed by atoms with Crippen molar-refractivity contribution in [3.05, 3.63) is 75.7 Å². The Bertz CT molecular complexity index is 1880. The number of hydrogen-bond donors (Lipinski definition) is 1. The molecular formula is C33H39ClN6O5S. The zero-order valence-electron chi connectivity index (χ0n) is 26.3. The van der Waals surface area contributed by atoms with Crippen LogP contribution in [0.4, 0.5) is 11.6 Å². The van der Waals surface area contributed by atoms with Crippen LogP contribution in [-0.2, 0) is 25.9 Å². The van der Waals surface area contributed by atoms with Gasteiger partial charge in [-0.1, -0.05) is 29.8 Å². The van der Waals surface area contributed by atoms with Crippen LogP contribution in [0, 0.1) is 0 Å². The molecule has 46 heavy (non-hydrogen) atoms. The first-order valence-electron chi connectivity index (χ1n) is 15.5. The Balaban J connectivity index is 1.34. The molecule has 4 heterocycles. The number of rotatable bonds is 9. The van der Waals surface area contributed by atoms with Gasteiger partial charge in [0.15, 0.2) is 9.84 Å². The van der Waals surface area contributed by atoms with Crippen molar-refractivity contribution in [2.45, 2.75) is 36.6 Å². The lowest BCUT2D eigenvalue weighted by Crippen LogP contribution is -2.39. The predicted octanol–water partition coefficient (Wildman–Crippen LogP) is 4.37. The standard InChI is InChI=1S/C33H39ClN6O5S/c1-22(2)46(42,43)26-8-9-27(29(34)19-26)28-18-24-20-35-33(36-25-6-4-23(5-7-25)30-21-38(3)12-17-45-30)37-31(24)40(32(28)41)11-10-39-13-15-44-16-14-39/h4-9,18-20,22,30H,10-17,21H2,1-3H3,(H,35,36,37). The minimum absolute atomic E-state index is 0.0316. The lowest BCUT2D eigenvalue weighted by molar-refractivity contribution is -0.0208. The van der Waals surface area contributed by atoms with E-state index in [9.17, 15) is 13.2 Å². The summed E-state index contributed by atoms with van der Waals surface area (Å²) in [5, 5.41) is 3.52. The minimum atomic E-state index is -3.53. The summed E-state index contributed by atoms with van der Waals surface area (Å²) in [4.78, 5) is 28.1. The average Bonchev–Trinajstić information content (AvgIpc) is 3.05. The number of benzene rings is 2. The van der Waals surface area contributed by atoms with Gasteiger partial charge in [0.25, 0.3) is 5.56 Å². The monoisotopic (exact) mass is 666 g/mol. The van der Waals surface area contributed by atoms with Crippen LogP contribution >= 0.6 is 11.6 Å². The lowest BCUT2D eigenvalue weighted by Gasteiger charge is -2.30. The summed E-state index contributed by atoms with van der Waals surface area (Å²) in [5.41, 5.74) is 2.94. The summed E-state index contributed by atoms with van der Waals surface area (Å²) in [6.45, 7) is 9.61. The van der Waals surface area contributed by atoms with E-state index in [-0.39, 0.29) is 21.6 Å². The molecule has 244 valence electrons. The number of aromatic nitrogens is 3. The molecule has 11 nitrogen and oxygen atoms in total. The number of hydrogen-bond acceptors (Lipinski definition) is 10. The fraction of sp³-hybridized carbons (Fsp3) is 0.424. The van der Waals surface area contributed by atoms with Crippen LogP contribution in [0.1, 0.15) is 25.5 Å². The van der Waals surface area contributed by atoms with Crippen molar-refractivity contribution in [3.63, 3.8) is 0 Å². The molecule has 2 saturated heterocycles. The first-order chi connectivity index (χ1) is 22.1. The number of nitrogens with zero attached hydrogens (tertiary/aromatic N) is 5. The van der Waals surface area contributed by atoms with Crippen molar-refractivity contribution in [3.8, 4) is 11.1 Å². The van der Waals surface area contributed by atoms with Gasteiger partial charge in [0.05, 0.1) is 36.1 Å². The van der Waals surface area contributed by atoms with Crippen LogP contribution in [0.25, 0.3) is 22.2 Å². The molecule has 0 saturated carbocycles. The number of likely N-dealkylation sites (N-methyl/N-ethyl adjacent to an activating group) is 1. The second-order valence-electron chi connectivity index (χ2n) is 12.0. The number of ether oxygens (including phenoxy) is 2. The molecule has 2 aliphatic heterocycles. The van der Waals surface area contributed by atoms with Crippen molar-refractivity contribution in [1.82, 2.24) is 24.3 Å². The first kappa shape index (κ1) is 32.5. The second-order valence-corrected chi connectivity index (χ2v) is 15.0. The molecule has 4 aromatic rings. The van der Waals surface area contributed by atoms with Gasteiger partial charge >= 0.3 is 0 Å². The topological polar surface area (TPSA) is 119 Å². The summed E-state index contributed by atoms with van der Waals surface area (Å²) < 4.78 is 38.6. The second kappa shape index (κ2) is 13.8. The Labute approximate surface area is 274 Å². The molecular weight excluding hydrogens is 628 g/mol. The van der Waals surface area contributed by atoms with Crippen molar-refractivity contribution < 1.29 is 17.9 Å². The summed E-state index contributed by atoms with van der Waals surface area (Å²) >= 11 is 6.65. The zero-order valence-corrected chi connectivity index (χ0v) is 27.9. The number of morpholine rings is 2. The van der Waals surface area contributed by atoms with Gasteiger partial charge in [-0.2, -0.15) is 4.98 Å². The van der Waals surface area contributed by atoms with Gasteiger partial charge in [-0.3, -0.25) is 14.3 Å². The Morgan fingerprint density at radius 1 is 1.00 bits per heavy atom. The highest BCUT2D eigenvalue weighted by Crippen LogP contribution is 2.31. The fourth-order valence-corrected chi connectivity index (χ4v) is 7.17. The quantitative estimate of drug-likeness (QED) is 0.276. The summed E-state index contributed by atoms with van der Waals surface area (Å²) in [7, 11) is -1.44. The molecule has 13 heteroatoms. The predicted molar refractivity (Wildman–Crippen MR) is 180 cm³/mol. The van der Waals surface area contributed by atoms with E-state index < -0.39 is 15.1 Å². The molecule has 0 bridgehead atoms. The van der Waals surface area contributed by atoms with Gasteiger partial charge in [-0.15, -0.1) is 0 Å². The first-order valence-corrected chi connectivity index (χ1v) is 17.4. The van der Waals surface area contributed by atoms with E-state index in [1.807, 2.05) is 24.3 Å². The van der Waals surface area contributed by atoms with Crippen LogP contribution in [0.3, 0.4) is 0 Å². The third kappa shape index (κ3) is 6.97. The van der Waals surface area contributed by atoms with E-state index in [4.69, 9.17) is 26.1 Å². The molecule has 0 amide bonds. The Morgan fingerprint density at radius 2 is 1.76 bits per heavy atom. The van der Waals surface area contributed by atoms with E-state index in [0.717, 1.165) is 37.4 Å². The highest BCUT2D eigenvalue weighted by molar-refractivity contribution is 7.92. The normalized spacial score (nSPS) is 18.3. The van der Waals surface area contributed by atoms with Gasteiger partial charge in [0, 0.05) is 72.7 Å². The maximum Gasteiger partial charge on any atom is 0.260 e. The van der Waals surface area contributed by atoms with E-state index in [1.165, 1.54) is 12.1 Å². The van der Waals surface area contributed by atoms with Gasteiger partial charge in [0.1, 0.15) is 5.65 Å². The summed E-state index contributed by atoms with van der Waals surface area (Å²) in [6.07, 6.45) is 1.72. The average molecular weight is 667 g/mol. The van der Waals surface area contributed by atoms with Gasteiger partial charge in [-0.05, 0) is 56.8 Å². The fourth-order valence-electron chi connectivity index (χ4n) is 5.74. The van der Waals surface area contributed by atoms with Crippen molar-refractivity contribution in [1.29, 1.82) is 0 Å². The van der Waals surface area contributed by atoms with Crippen molar-refractivity contribution in [2.24, 2.45) is 0 Å². The molecule has 0 radical (unpaired) electrons. The summed E-state index contributed by atoms with van der Waals surface area (Å²) in [6, 6.07) is 14.3. The Morgan fingerprint density at radius 3 is 2.46 bits per heavy atom. The molecule has 1 unspecified atom stereocenters. The molecule has 0 aliphatic carbocycles. The van der Waals surface area contributed by atoms with Crippen molar-refractivity contribution >= 4 is 44.1 Å². The Hall–Kier alpha value is -3.39. The van der Waals surface area contributed by atoms with Crippen LogP contribution in [-0.4, -0.2) is 97.6 Å². The molecule has 1 N–H and O–H groups in total. The van der Waals surface area contributed by atoms with Gasteiger partial charge < -0.3 is 19.7 Å². The minimum Gasteiger partial charge on any atom is -0.379 e. The van der Waals surface area contributed by atoms with E-state index >= 15 is 0 Å². The Kier molecular flexibility index (Phi) is 9.74. The zero-order chi connectivity index (χ0) is 32.4. The number of fused-ring (bicyclic) bond motifs is 1. The third-order valence-electron chi connectivity index (χ3n) is 8.56. The lowest BCUT2D eigenvalue weighted by atomic mass is 10.1. The van der Waals surface area contributed by atoms with Gasteiger partial charge in [-0.25, -0.2) is 13.4 Å². The number of pyridine rings is 1. The number of nitrogens with one attached hydrogen (secondary N) is 1.